The number of benzene rings is 1. The predicted octanol–water partition coefficient (Wildman–Crippen LogP) is 2.67. The molecule has 1 aromatic rings. The highest BCUT2D eigenvalue weighted by Gasteiger charge is 2.49. The Morgan fingerprint density at radius 2 is 2.05 bits per heavy atom. The number of carbonyl (C=O) groups excluding carboxylic acids is 1. The molecule has 4 heteroatoms. The Labute approximate surface area is 125 Å². The van der Waals surface area contributed by atoms with E-state index >= 15 is 0 Å². The molecule has 2 saturated carbocycles. The van der Waals surface area contributed by atoms with Gasteiger partial charge in [-0.15, -0.1) is 0 Å². The van der Waals surface area contributed by atoms with Gasteiger partial charge in [0.2, 0.25) is 5.91 Å². The molecule has 2 fully saturated rings. The second-order valence-electron chi connectivity index (χ2n) is 6.22. The molecule has 20 heavy (non-hydrogen) atoms. The molecule has 108 valence electrons. The summed E-state index contributed by atoms with van der Waals surface area (Å²) in [5.74, 6) is 1.25. The second kappa shape index (κ2) is 5.38. The van der Waals surface area contributed by atoms with Gasteiger partial charge in [0.1, 0.15) is 0 Å². The van der Waals surface area contributed by atoms with E-state index in [4.69, 9.17) is 17.3 Å². The van der Waals surface area contributed by atoms with Gasteiger partial charge < -0.3 is 10.6 Å². The summed E-state index contributed by atoms with van der Waals surface area (Å²) in [6.07, 6.45) is 3.50. The lowest BCUT2D eigenvalue weighted by Gasteiger charge is -2.31. The third-order valence-electron chi connectivity index (χ3n) is 5.01. The lowest BCUT2D eigenvalue weighted by molar-refractivity contribution is -0.136. The standard InChI is InChI=1S/C16H21ClN2O/c1-19(9-12-4-2-3-5-13(12)17)16(20)14-10-6-7-11(8-10)15(14)18/h2-5,10-11,14-15H,6-9,18H2,1H3. The van der Waals surface area contributed by atoms with E-state index in [2.05, 4.69) is 0 Å². The van der Waals surface area contributed by atoms with Gasteiger partial charge in [0, 0.05) is 24.7 Å². The van der Waals surface area contributed by atoms with Gasteiger partial charge in [-0.3, -0.25) is 4.79 Å². The van der Waals surface area contributed by atoms with Gasteiger partial charge in [0.25, 0.3) is 0 Å². The summed E-state index contributed by atoms with van der Waals surface area (Å²) in [6, 6.07) is 7.73. The first-order valence-electron chi connectivity index (χ1n) is 7.32. The quantitative estimate of drug-likeness (QED) is 0.931. The Morgan fingerprint density at radius 1 is 1.35 bits per heavy atom. The molecule has 3 rings (SSSR count). The van der Waals surface area contributed by atoms with Crippen LogP contribution in [0.4, 0.5) is 0 Å². The first-order valence-corrected chi connectivity index (χ1v) is 7.69. The zero-order valence-corrected chi connectivity index (χ0v) is 12.5. The normalized spacial score (nSPS) is 31.6. The van der Waals surface area contributed by atoms with Crippen molar-refractivity contribution in [1.82, 2.24) is 4.90 Å². The molecule has 0 spiro atoms. The van der Waals surface area contributed by atoms with E-state index in [1.165, 1.54) is 6.42 Å². The number of hydrogen-bond donors (Lipinski definition) is 1. The number of rotatable bonds is 3. The van der Waals surface area contributed by atoms with Crippen LogP contribution in [0.2, 0.25) is 5.02 Å². The third kappa shape index (κ3) is 2.33. The molecule has 1 amide bonds. The van der Waals surface area contributed by atoms with Crippen molar-refractivity contribution >= 4 is 17.5 Å². The van der Waals surface area contributed by atoms with Crippen LogP contribution >= 0.6 is 11.6 Å². The zero-order chi connectivity index (χ0) is 14.3. The fourth-order valence-corrected chi connectivity index (χ4v) is 4.11. The van der Waals surface area contributed by atoms with Crippen LogP contribution in [-0.4, -0.2) is 23.9 Å². The van der Waals surface area contributed by atoms with Crippen LogP contribution in [0.5, 0.6) is 0 Å². The first kappa shape index (κ1) is 13.9. The summed E-state index contributed by atoms with van der Waals surface area (Å²) in [6.45, 7) is 0.555. The van der Waals surface area contributed by atoms with Gasteiger partial charge in [0.05, 0.1) is 5.92 Å². The van der Waals surface area contributed by atoms with E-state index in [1.807, 2.05) is 31.3 Å². The average molecular weight is 293 g/mol. The smallest absolute Gasteiger partial charge is 0.227 e. The maximum absolute atomic E-state index is 12.7. The summed E-state index contributed by atoms with van der Waals surface area (Å²) >= 11 is 6.16. The van der Waals surface area contributed by atoms with Gasteiger partial charge in [0.15, 0.2) is 0 Å². The highest BCUT2D eigenvalue weighted by Crippen LogP contribution is 2.48. The number of nitrogens with two attached hydrogens (primary N) is 1. The summed E-state index contributed by atoms with van der Waals surface area (Å²) < 4.78 is 0. The molecule has 0 heterocycles. The molecule has 4 unspecified atom stereocenters. The highest BCUT2D eigenvalue weighted by molar-refractivity contribution is 6.31. The van der Waals surface area contributed by atoms with Gasteiger partial charge >= 0.3 is 0 Å². The van der Waals surface area contributed by atoms with Gasteiger partial charge in [-0.05, 0) is 42.7 Å². The van der Waals surface area contributed by atoms with E-state index in [0.717, 1.165) is 18.4 Å². The summed E-state index contributed by atoms with van der Waals surface area (Å²) in [7, 11) is 1.85. The average Bonchev–Trinajstić information content (AvgIpc) is 3.01. The van der Waals surface area contributed by atoms with Crippen LogP contribution in [0.1, 0.15) is 24.8 Å². The van der Waals surface area contributed by atoms with Crippen molar-refractivity contribution in [3.63, 3.8) is 0 Å². The molecule has 2 N–H and O–H groups in total. The van der Waals surface area contributed by atoms with Crippen LogP contribution in [0, 0.1) is 17.8 Å². The van der Waals surface area contributed by atoms with Crippen LogP contribution < -0.4 is 5.73 Å². The Balaban J connectivity index is 1.70. The Hall–Kier alpha value is -1.06. The zero-order valence-electron chi connectivity index (χ0n) is 11.8. The van der Waals surface area contributed by atoms with E-state index in [9.17, 15) is 4.79 Å². The Morgan fingerprint density at radius 3 is 2.70 bits per heavy atom. The Bertz CT molecular complexity index is 517. The number of hydrogen-bond acceptors (Lipinski definition) is 2. The first-order chi connectivity index (χ1) is 9.58. The molecule has 2 aliphatic carbocycles. The van der Waals surface area contributed by atoms with Gasteiger partial charge in [-0.25, -0.2) is 0 Å². The summed E-state index contributed by atoms with van der Waals surface area (Å²) in [4.78, 5) is 14.4. The second-order valence-corrected chi connectivity index (χ2v) is 6.63. The van der Waals surface area contributed by atoms with E-state index in [1.54, 1.807) is 4.90 Å². The molecule has 1 aromatic carbocycles. The molecule has 0 aliphatic heterocycles. The van der Waals surface area contributed by atoms with Crippen molar-refractivity contribution in [1.29, 1.82) is 0 Å². The number of carbonyl (C=O) groups is 1. The Kier molecular flexibility index (Phi) is 3.74. The lowest BCUT2D eigenvalue weighted by Crippen LogP contribution is -2.45. The van der Waals surface area contributed by atoms with E-state index < -0.39 is 0 Å². The number of nitrogens with zero attached hydrogens (tertiary/aromatic N) is 1. The minimum absolute atomic E-state index is 0.0150. The highest BCUT2D eigenvalue weighted by atomic mass is 35.5. The van der Waals surface area contributed by atoms with Crippen LogP contribution in [0.15, 0.2) is 24.3 Å². The van der Waals surface area contributed by atoms with Gasteiger partial charge in [-0.1, -0.05) is 29.8 Å². The topological polar surface area (TPSA) is 46.3 Å². The third-order valence-corrected chi connectivity index (χ3v) is 5.38. The summed E-state index contributed by atoms with van der Waals surface area (Å²) in [5, 5.41) is 0.712. The largest absolute Gasteiger partial charge is 0.341 e. The van der Waals surface area contributed by atoms with E-state index in [-0.39, 0.29) is 17.9 Å². The molecule has 0 saturated heterocycles. The molecule has 4 atom stereocenters. The molecule has 3 nitrogen and oxygen atoms in total. The molecular formula is C16H21ClN2O. The van der Waals surface area contributed by atoms with Crippen molar-refractivity contribution in [3.8, 4) is 0 Å². The molecule has 0 radical (unpaired) electrons. The van der Waals surface area contributed by atoms with Crippen LogP contribution in [-0.2, 0) is 11.3 Å². The minimum atomic E-state index is 0.0150. The molecule has 2 aliphatic rings. The SMILES string of the molecule is CN(Cc1ccccc1Cl)C(=O)C1C2CCC(C2)C1N. The maximum Gasteiger partial charge on any atom is 0.227 e. The number of halogens is 1. The fourth-order valence-electron chi connectivity index (χ4n) is 3.92. The fraction of sp³-hybridized carbons (Fsp3) is 0.562. The van der Waals surface area contributed by atoms with E-state index in [0.29, 0.717) is 23.4 Å². The van der Waals surface area contributed by atoms with Crippen LogP contribution in [0.25, 0.3) is 0 Å². The molecule has 0 aromatic heterocycles. The summed E-state index contributed by atoms with van der Waals surface area (Å²) in [5.41, 5.74) is 7.24. The monoisotopic (exact) mass is 292 g/mol. The molecular weight excluding hydrogens is 272 g/mol. The number of amides is 1. The van der Waals surface area contributed by atoms with Crippen molar-refractivity contribution in [2.75, 3.05) is 7.05 Å². The lowest BCUT2D eigenvalue weighted by atomic mass is 9.84. The van der Waals surface area contributed by atoms with Crippen LogP contribution in [0.3, 0.4) is 0 Å². The van der Waals surface area contributed by atoms with Gasteiger partial charge in [-0.2, -0.15) is 0 Å². The van der Waals surface area contributed by atoms with Crippen molar-refractivity contribution < 1.29 is 4.79 Å². The van der Waals surface area contributed by atoms with Crippen molar-refractivity contribution in [2.24, 2.45) is 23.5 Å². The maximum atomic E-state index is 12.7. The number of fused-ring (bicyclic) bond motifs is 2. The van der Waals surface area contributed by atoms with Crippen molar-refractivity contribution in [3.05, 3.63) is 34.9 Å². The minimum Gasteiger partial charge on any atom is -0.341 e. The van der Waals surface area contributed by atoms with Crippen molar-refractivity contribution in [2.45, 2.75) is 31.8 Å². The predicted molar refractivity (Wildman–Crippen MR) is 80.2 cm³/mol. The molecule has 2 bridgehead atoms.